The summed E-state index contributed by atoms with van der Waals surface area (Å²) in [5.74, 6) is 0.480. The van der Waals surface area contributed by atoms with Crippen LogP contribution in [0.3, 0.4) is 0 Å². The Balaban J connectivity index is 2.16. The maximum Gasteiger partial charge on any atom is 0.232 e. The minimum atomic E-state index is -0.342. The lowest BCUT2D eigenvalue weighted by Crippen LogP contribution is -2.42. The maximum atomic E-state index is 12.5. The molecule has 0 bridgehead atoms. The van der Waals surface area contributed by atoms with Crippen LogP contribution in [0.5, 0.6) is 5.75 Å². The van der Waals surface area contributed by atoms with Crippen LogP contribution in [-0.4, -0.2) is 24.1 Å². The summed E-state index contributed by atoms with van der Waals surface area (Å²) < 4.78 is 0. The number of hydrogen-bond acceptors (Lipinski definition) is 3. The van der Waals surface area contributed by atoms with Crippen molar-refractivity contribution >= 4 is 11.6 Å². The summed E-state index contributed by atoms with van der Waals surface area (Å²) in [5.41, 5.74) is 0.303. The molecule has 98 valence electrons. The van der Waals surface area contributed by atoms with E-state index in [1.165, 1.54) is 0 Å². The third-order valence-corrected chi connectivity index (χ3v) is 3.85. The van der Waals surface area contributed by atoms with Gasteiger partial charge in [-0.25, -0.2) is 0 Å². The molecule has 4 heteroatoms. The first-order valence-electron chi connectivity index (χ1n) is 6.36. The van der Waals surface area contributed by atoms with E-state index in [1.54, 1.807) is 24.3 Å². The van der Waals surface area contributed by atoms with Gasteiger partial charge in [-0.05, 0) is 31.0 Å². The van der Waals surface area contributed by atoms with Crippen molar-refractivity contribution in [3.63, 3.8) is 0 Å². The number of carbonyl (C=O) groups excluding carboxylic acids is 1. The smallest absolute Gasteiger partial charge is 0.232 e. The predicted octanol–water partition coefficient (Wildman–Crippen LogP) is 1.97. The van der Waals surface area contributed by atoms with Crippen LogP contribution < -0.4 is 10.6 Å². The Bertz CT molecular complexity index is 437. The van der Waals surface area contributed by atoms with Crippen molar-refractivity contribution in [2.45, 2.75) is 20.3 Å². The summed E-state index contributed by atoms with van der Waals surface area (Å²) in [4.78, 5) is 12.5. The van der Waals surface area contributed by atoms with Gasteiger partial charge in [-0.1, -0.05) is 19.9 Å². The first-order chi connectivity index (χ1) is 8.54. The molecule has 18 heavy (non-hydrogen) atoms. The fraction of sp³-hybridized carbons (Fsp3) is 0.500. The zero-order chi connectivity index (χ0) is 13.2. The fourth-order valence-electron chi connectivity index (χ4n) is 2.50. The quantitative estimate of drug-likeness (QED) is 0.766. The molecule has 1 aromatic rings. The molecule has 0 aliphatic carbocycles. The summed E-state index contributed by atoms with van der Waals surface area (Å²) in [5, 5.41) is 15.6. The van der Waals surface area contributed by atoms with Crippen molar-refractivity contribution in [3.05, 3.63) is 24.3 Å². The number of phenolic OH excluding ortho intramolecular Hbond substituents is 1. The number of nitrogens with one attached hydrogen (secondary N) is 2. The van der Waals surface area contributed by atoms with E-state index >= 15 is 0 Å². The molecule has 1 heterocycles. The van der Waals surface area contributed by atoms with Crippen molar-refractivity contribution < 1.29 is 9.90 Å². The van der Waals surface area contributed by atoms with E-state index in [9.17, 15) is 9.90 Å². The van der Waals surface area contributed by atoms with Crippen LogP contribution in [0.2, 0.25) is 0 Å². The minimum Gasteiger partial charge on any atom is -0.508 e. The van der Waals surface area contributed by atoms with Crippen LogP contribution in [0.1, 0.15) is 20.3 Å². The number of amides is 1. The van der Waals surface area contributed by atoms with Gasteiger partial charge in [0.15, 0.2) is 0 Å². The molecule has 0 saturated carbocycles. The van der Waals surface area contributed by atoms with E-state index in [-0.39, 0.29) is 23.0 Å². The highest BCUT2D eigenvalue weighted by atomic mass is 16.3. The average molecular weight is 248 g/mol. The maximum absolute atomic E-state index is 12.5. The van der Waals surface area contributed by atoms with Crippen molar-refractivity contribution in [1.82, 2.24) is 5.32 Å². The van der Waals surface area contributed by atoms with E-state index < -0.39 is 0 Å². The number of hydrogen-bond donors (Lipinski definition) is 3. The molecule has 2 rings (SSSR count). The predicted molar refractivity (Wildman–Crippen MR) is 71.5 cm³/mol. The minimum absolute atomic E-state index is 0.0353. The van der Waals surface area contributed by atoms with Gasteiger partial charge < -0.3 is 15.7 Å². The highest BCUT2D eigenvalue weighted by Crippen LogP contribution is 2.35. The molecule has 1 aliphatic heterocycles. The number of carbonyl (C=O) groups is 1. The molecule has 1 aliphatic rings. The second kappa shape index (κ2) is 4.98. The van der Waals surface area contributed by atoms with Crippen LogP contribution in [-0.2, 0) is 4.79 Å². The standard InChI is InChI=1S/C14H20N2O2/c1-10(2)14(6-7-15-9-14)13(18)16-11-4-3-5-12(17)8-11/h3-5,8,10,15,17H,6-7,9H2,1-2H3,(H,16,18). The monoisotopic (exact) mass is 248 g/mol. The van der Waals surface area contributed by atoms with Crippen molar-refractivity contribution in [2.75, 3.05) is 18.4 Å². The van der Waals surface area contributed by atoms with E-state index in [0.717, 1.165) is 19.5 Å². The molecular weight excluding hydrogens is 228 g/mol. The lowest BCUT2D eigenvalue weighted by Gasteiger charge is -2.31. The Kier molecular flexibility index (Phi) is 3.57. The SMILES string of the molecule is CC(C)C1(C(=O)Nc2cccc(O)c2)CCNC1. The van der Waals surface area contributed by atoms with Crippen molar-refractivity contribution in [3.8, 4) is 5.75 Å². The van der Waals surface area contributed by atoms with Gasteiger partial charge in [0, 0.05) is 18.3 Å². The van der Waals surface area contributed by atoms with Crippen LogP contribution in [0, 0.1) is 11.3 Å². The van der Waals surface area contributed by atoms with Gasteiger partial charge in [0.25, 0.3) is 0 Å². The second-order valence-electron chi connectivity index (χ2n) is 5.24. The topological polar surface area (TPSA) is 61.4 Å². The van der Waals surface area contributed by atoms with Crippen LogP contribution in [0.25, 0.3) is 0 Å². The normalized spacial score (nSPS) is 23.3. The molecule has 1 atom stereocenters. The first-order valence-corrected chi connectivity index (χ1v) is 6.36. The molecule has 4 nitrogen and oxygen atoms in total. The largest absolute Gasteiger partial charge is 0.508 e. The highest BCUT2D eigenvalue weighted by Gasteiger charge is 2.43. The summed E-state index contributed by atoms with van der Waals surface area (Å²) in [6, 6.07) is 6.66. The van der Waals surface area contributed by atoms with Gasteiger partial charge in [0.1, 0.15) is 5.75 Å². The third kappa shape index (κ3) is 2.34. The molecule has 1 amide bonds. The van der Waals surface area contributed by atoms with Crippen LogP contribution >= 0.6 is 0 Å². The van der Waals surface area contributed by atoms with Crippen molar-refractivity contribution in [2.24, 2.45) is 11.3 Å². The Morgan fingerprint density at radius 2 is 2.28 bits per heavy atom. The van der Waals surface area contributed by atoms with Gasteiger partial charge in [0.2, 0.25) is 5.91 Å². The average Bonchev–Trinajstić information content (AvgIpc) is 2.79. The molecule has 1 fully saturated rings. The molecule has 1 saturated heterocycles. The van der Waals surface area contributed by atoms with E-state index in [4.69, 9.17) is 0 Å². The number of benzene rings is 1. The molecule has 1 aromatic carbocycles. The molecule has 3 N–H and O–H groups in total. The Labute approximate surface area is 107 Å². The number of aromatic hydroxyl groups is 1. The summed E-state index contributed by atoms with van der Waals surface area (Å²) in [7, 11) is 0. The molecule has 0 radical (unpaired) electrons. The zero-order valence-corrected chi connectivity index (χ0v) is 10.9. The molecule has 0 spiro atoms. The number of anilines is 1. The first kappa shape index (κ1) is 12.9. The summed E-state index contributed by atoms with van der Waals surface area (Å²) in [6.45, 7) is 5.76. The van der Waals surface area contributed by atoms with Crippen molar-refractivity contribution in [1.29, 1.82) is 0 Å². The molecular formula is C14H20N2O2. The van der Waals surface area contributed by atoms with E-state index in [1.807, 2.05) is 0 Å². The lowest BCUT2D eigenvalue weighted by molar-refractivity contribution is -0.126. The highest BCUT2D eigenvalue weighted by molar-refractivity contribution is 5.96. The summed E-state index contributed by atoms with van der Waals surface area (Å²) in [6.07, 6.45) is 0.856. The third-order valence-electron chi connectivity index (χ3n) is 3.85. The number of phenols is 1. The Morgan fingerprint density at radius 3 is 2.83 bits per heavy atom. The van der Waals surface area contributed by atoms with Gasteiger partial charge in [0.05, 0.1) is 5.41 Å². The molecule has 0 aromatic heterocycles. The summed E-state index contributed by atoms with van der Waals surface area (Å²) >= 11 is 0. The number of rotatable bonds is 3. The Hall–Kier alpha value is -1.55. The zero-order valence-electron chi connectivity index (χ0n) is 10.9. The lowest BCUT2D eigenvalue weighted by atomic mass is 9.75. The Morgan fingerprint density at radius 1 is 1.50 bits per heavy atom. The van der Waals surface area contributed by atoms with Gasteiger partial charge in [-0.15, -0.1) is 0 Å². The van der Waals surface area contributed by atoms with Gasteiger partial charge in [-0.3, -0.25) is 4.79 Å². The van der Waals surface area contributed by atoms with Gasteiger partial charge >= 0.3 is 0 Å². The van der Waals surface area contributed by atoms with Crippen LogP contribution in [0.15, 0.2) is 24.3 Å². The van der Waals surface area contributed by atoms with Gasteiger partial charge in [-0.2, -0.15) is 0 Å². The fourth-order valence-corrected chi connectivity index (χ4v) is 2.50. The van der Waals surface area contributed by atoms with E-state index in [2.05, 4.69) is 24.5 Å². The van der Waals surface area contributed by atoms with E-state index in [0.29, 0.717) is 5.69 Å². The second-order valence-corrected chi connectivity index (χ2v) is 5.24. The van der Waals surface area contributed by atoms with Crippen LogP contribution in [0.4, 0.5) is 5.69 Å². The molecule has 1 unspecified atom stereocenters.